The van der Waals surface area contributed by atoms with Crippen molar-refractivity contribution in [1.29, 1.82) is 5.26 Å². The number of nitriles is 1. The van der Waals surface area contributed by atoms with Gasteiger partial charge in [0.1, 0.15) is 17.4 Å². The standard InChI is InChI=1S/C14H11BrN2O2S/c15-11-5-4-10(20-11)12-7(6-16)14(17)19-9-3-1-2-8(18)13(9)12/h4-5,12H,1-3,17H2/t12-/m0/s1. The van der Waals surface area contributed by atoms with Gasteiger partial charge in [-0.3, -0.25) is 4.79 Å². The van der Waals surface area contributed by atoms with Crippen molar-refractivity contribution in [3.8, 4) is 6.07 Å². The van der Waals surface area contributed by atoms with E-state index in [1.807, 2.05) is 12.1 Å². The predicted molar refractivity (Wildman–Crippen MR) is 78.6 cm³/mol. The second-order valence-electron chi connectivity index (χ2n) is 4.68. The molecule has 3 rings (SSSR count). The van der Waals surface area contributed by atoms with Gasteiger partial charge in [0.05, 0.1) is 9.70 Å². The van der Waals surface area contributed by atoms with Gasteiger partial charge in [0, 0.05) is 23.3 Å². The van der Waals surface area contributed by atoms with E-state index in [1.54, 1.807) is 0 Å². The Morgan fingerprint density at radius 3 is 2.90 bits per heavy atom. The number of hydrogen-bond acceptors (Lipinski definition) is 5. The fourth-order valence-corrected chi connectivity index (χ4v) is 4.17. The van der Waals surface area contributed by atoms with Gasteiger partial charge in [-0.2, -0.15) is 5.26 Å². The number of carbonyl (C=O) groups excluding carboxylic acids is 1. The molecule has 4 nitrogen and oxygen atoms in total. The summed E-state index contributed by atoms with van der Waals surface area (Å²) in [6.07, 6.45) is 1.97. The van der Waals surface area contributed by atoms with Gasteiger partial charge < -0.3 is 10.5 Å². The van der Waals surface area contributed by atoms with Crippen molar-refractivity contribution in [2.24, 2.45) is 5.73 Å². The Morgan fingerprint density at radius 1 is 1.45 bits per heavy atom. The molecule has 2 aliphatic rings. The van der Waals surface area contributed by atoms with E-state index in [0.717, 1.165) is 15.1 Å². The van der Waals surface area contributed by atoms with Crippen LogP contribution in [0.2, 0.25) is 0 Å². The van der Waals surface area contributed by atoms with E-state index in [-0.39, 0.29) is 17.6 Å². The Balaban J connectivity index is 2.18. The zero-order chi connectivity index (χ0) is 14.3. The summed E-state index contributed by atoms with van der Waals surface area (Å²) in [5.41, 5.74) is 6.79. The van der Waals surface area contributed by atoms with Crippen molar-refractivity contribution in [3.63, 3.8) is 0 Å². The van der Waals surface area contributed by atoms with Crippen LogP contribution in [0.25, 0.3) is 0 Å². The number of nitrogens with zero attached hydrogens (tertiary/aromatic N) is 1. The van der Waals surface area contributed by atoms with Gasteiger partial charge in [-0.25, -0.2) is 0 Å². The van der Waals surface area contributed by atoms with Crippen LogP contribution in [0.4, 0.5) is 0 Å². The predicted octanol–water partition coefficient (Wildman–Crippen LogP) is 3.33. The van der Waals surface area contributed by atoms with Gasteiger partial charge >= 0.3 is 0 Å². The molecule has 1 aliphatic heterocycles. The molecule has 0 aromatic carbocycles. The summed E-state index contributed by atoms with van der Waals surface area (Å²) in [5.74, 6) is 0.427. The summed E-state index contributed by atoms with van der Waals surface area (Å²) in [6.45, 7) is 0. The van der Waals surface area contributed by atoms with Crippen molar-refractivity contribution < 1.29 is 9.53 Å². The largest absolute Gasteiger partial charge is 0.444 e. The molecular formula is C14H11BrN2O2S. The number of Topliss-reactive ketones (excluding diaryl/α,β-unsaturated/α-hetero) is 1. The molecule has 1 aliphatic carbocycles. The zero-order valence-corrected chi connectivity index (χ0v) is 12.9. The maximum absolute atomic E-state index is 12.3. The summed E-state index contributed by atoms with van der Waals surface area (Å²) in [6, 6.07) is 5.93. The molecule has 1 aromatic rings. The molecule has 102 valence electrons. The number of allylic oxidation sites excluding steroid dienone is 3. The summed E-state index contributed by atoms with van der Waals surface area (Å²) >= 11 is 4.92. The number of rotatable bonds is 1. The van der Waals surface area contributed by atoms with E-state index in [4.69, 9.17) is 10.5 Å². The van der Waals surface area contributed by atoms with E-state index in [2.05, 4.69) is 22.0 Å². The minimum absolute atomic E-state index is 0.0565. The van der Waals surface area contributed by atoms with Crippen molar-refractivity contribution in [1.82, 2.24) is 0 Å². The lowest BCUT2D eigenvalue weighted by molar-refractivity contribution is -0.116. The SMILES string of the molecule is N#CC1=C(N)OC2=C(C(=O)CCC2)[C@@H]1c1ccc(Br)s1. The van der Waals surface area contributed by atoms with Crippen LogP contribution in [-0.4, -0.2) is 5.78 Å². The number of hydrogen-bond donors (Lipinski definition) is 1. The molecule has 1 atom stereocenters. The second kappa shape index (κ2) is 5.08. The molecule has 0 spiro atoms. The topological polar surface area (TPSA) is 76.1 Å². The number of nitrogens with two attached hydrogens (primary N) is 1. The maximum atomic E-state index is 12.3. The van der Waals surface area contributed by atoms with Crippen molar-refractivity contribution in [3.05, 3.63) is 43.6 Å². The highest BCUT2D eigenvalue weighted by molar-refractivity contribution is 9.11. The first kappa shape index (κ1) is 13.4. The van der Waals surface area contributed by atoms with E-state index < -0.39 is 0 Å². The van der Waals surface area contributed by atoms with E-state index in [1.165, 1.54) is 11.3 Å². The van der Waals surface area contributed by atoms with Crippen LogP contribution >= 0.6 is 27.3 Å². The lowest BCUT2D eigenvalue weighted by Crippen LogP contribution is -2.26. The molecule has 0 amide bonds. The summed E-state index contributed by atoms with van der Waals surface area (Å²) < 4.78 is 6.47. The average molecular weight is 351 g/mol. The molecule has 0 saturated heterocycles. The molecule has 0 saturated carbocycles. The maximum Gasteiger partial charge on any atom is 0.205 e. The highest BCUT2D eigenvalue weighted by Crippen LogP contribution is 2.45. The minimum Gasteiger partial charge on any atom is -0.444 e. The monoisotopic (exact) mass is 350 g/mol. The van der Waals surface area contributed by atoms with Crippen LogP contribution in [0, 0.1) is 11.3 Å². The molecule has 2 N–H and O–H groups in total. The molecule has 0 radical (unpaired) electrons. The van der Waals surface area contributed by atoms with Gasteiger partial charge in [-0.15, -0.1) is 11.3 Å². The number of ether oxygens (including phenoxy) is 1. The normalized spacial score (nSPS) is 22.4. The first-order valence-electron chi connectivity index (χ1n) is 6.21. The Kier molecular flexibility index (Phi) is 3.40. The van der Waals surface area contributed by atoms with Crippen molar-refractivity contribution in [2.45, 2.75) is 25.2 Å². The molecular weight excluding hydrogens is 340 g/mol. The lowest BCUT2D eigenvalue weighted by atomic mass is 9.80. The van der Waals surface area contributed by atoms with Crippen LogP contribution in [-0.2, 0) is 9.53 Å². The van der Waals surface area contributed by atoms with Crippen LogP contribution in [0.15, 0.2) is 38.7 Å². The molecule has 2 heterocycles. The average Bonchev–Trinajstić information content (AvgIpc) is 2.84. The van der Waals surface area contributed by atoms with E-state index >= 15 is 0 Å². The minimum atomic E-state index is -0.382. The molecule has 1 aromatic heterocycles. The number of halogens is 1. The lowest BCUT2D eigenvalue weighted by Gasteiger charge is -2.30. The molecule has 20 heavy (non-hydrogen) atoms. The van der Waals surface area contributed by atoms with Crippen molar-refractivity contribution >= 4 is 33.0 Å². The highest BCUT2D eigenvalue weighted by atomic mass is 79.9. The van der Waals surface area contributed by atoms with Crippen LogP contribution < -0.4 is 5.73 Å². The van der Waals surface area contributed by atoms with Crippen LogP contribution in [0.3, 0.4) is 0 Å². The third-order valence-corrected chi connectivity index (χ3v) is 5.17. The van der Waals surface area contributed by atoms with Crippen LogP contribution in [0.1, 0.15) is 30.1 Å². The van der Waals surface area contributed by atoms with Gasteiger partial charge in [-0.05, 0) is 34.5 Å². The third-order valence-electron chi connectivity index (χ3n) is 3.48. The fraction of sp³-hybridized carbons (Fsp3) is 0.286. The highest BCUT2D eigenvalue weighted by Gasteiger charge is 2.38. The zero-order valence-electron chi connectivity index (χ0n) is 10.5. The number of ketones is 1. The van der Waals surface area contributed by atoms with E-state index in [0.29, 0.717) is 29.7 Å². The Hall–Kier alpha value is -1.58. The third kappa shape index (κ3) is 2.07. The fourth-order valence-electron chi connectivity index (χ4n) is 2.62. The van der Waals surface area contributed by atoms with E-state index in [9.17, 15) is 10.1 Å². The number of thiophene rings is 1. The first-order chi connectivity index (χ1) is 9.61. The number of carbonyl (C=O) groups is 1. The van der Waals surface area contributed by atoms with Crippen LogP contribution in [0.5, 0.6) is 0 Å². The Bertz CT molecular complexity index is 696. The quantitative estimate of drug-likeness (QED) is 0.842. The Morgan fingerprint density at radius 2 is 2.25 bits per heavy atom. The summed E-state index contributed by atoms with van der Waals surface area (Å²) in [4.78, 5) is 13.2. The Labute approximate surface area is 128 Å². The molecule has 0 unspecified atom stereocenters. The molecule has 0 bridgehead atoms. The molecule has 0 fully saturated rings. The van der Waals surface area contributed by atoms with Crippen molar-refractivity contribution in [2.75, 3.05) is 0 Å². The molecule has 6 heteroatoms. The first-order valence-corrected chi connectivity index (χ1v) is 7.82. The smallest absolute Gasteiger partial charge is 0.205 e. The van der Waals surface area contributed by atoms with Gasteiger partial charge in [0.2, 0.25) is 5.88 Å². The summed E-state index contributed by atoms with van der Waals surface area (Å²) in [7, 11) is 0. The summed E-state index contributed by atoms with van der Waals surface area (Å²) in [5, 5.41) is 9.37. The van der Waals surface area contributed by atoms with Gasteiger partial charge in [0.25, 0.3) is 0 Å². The van der Waals surface area contributed by atoms with Gasteiger partial charge in [-0.1, -0.05) is 0 Å². The second-order valence-corrected chi connectivity index (χ2v) is 7.17. The van der Waals surface area contributed by atoms with Gasteiger partial charge in [0.15, 0.2) is 5.78 Å².